The van der Waals surface area contributed by atoms with E-state index in [0.29, 0.717) is 0 Å². The van der Waals surface area contributed by atoms with Crippen LogP contribution in [0.3, 0.4) is 0 Å². The Morgan fingerprint density at radius 2 is 2.44 bits per heavy atom. The predicted octanol–water partition coefficient (Wildman–Crippen LogP) is 1.82. The zero-order valence-corrected chi connectivity index (χ0v) is 7.88. The van der Waals surface area contributed by atoms with Crippen LogP contribution in [0.15, 0.2) is 0 Å². The largest absolute Gasteiger partial charge is 0.297 e. The van der Waals surface area contributed by atoms with Gasteiger partial charge in [-0.25, -0.2) is 0 Å². The Balaban J connectivity index is 3.39. The number of carbonyl (C=O) groups excluding carboxylic acids is 1. The lowest BCUT2D eigenvalue weighted by Crippen LogP contribution is -2.20. The minimum atomic E-state index is -0.156. The third-order valence-electron chi connectivity index (χ3n) is 0.487. The van der Waals surface area contributed by atoms with Crippen LogP contribution < -0.4 is 5.32 Å². The van der Waals surface area contributed by atoms with E-state index in [1.165, 1.54) is 0 Å². The van der Waals surface area contributed by atoms with E-state index >= 15 is 0 Å². The van der Waals surface area contributed by atoms with Crippen molar-refractivity contribution in [2.24, 2.45) is 0 Å². The van der Waals surface area contributed by atoms with Crippen LogP contribution in [0.25, 0.3) is 0 Å². The topological polar surface area (TPSA) is 53.0 Å². The monoisotopic (exact) mass is 258 g/mol. The molecule has 3 nitrogen and oxygen atoms in total. The zero-order chi connectivity index (χ0) is 7.28. The summed E-state index contributed by atoms with van der Waals surface area (Å²) in [5.74, 6) is 0.746. The Morgan fingerprint density at radius 3 is 2.78 bits per heavy atom. The molecular weight excluding hydrogens is 251 g/mol. The average Bonchev–Trinajstić information content (AvgIpc) is 1.63. The smallest absolute Gasteiger partial charge is 0.284 e. The molecule has 5 heteroatoms. The number of hydrogen-bond acceptors (Lipinski definition) is 3. The summed E-state index contributed by atoms with van der Waals surface area (Å²) < 4.78 is 0.165. The van der Waals surface area contributed by atoms with Gasteiger partial charge in [-0.1, -0.05) is 18.7 Å². The Hall–Kier alpha value is 0.220. The number of amidine groups is 1. The van der Waals surface area contributed by atoms with E-state index in [-0.39, 0.29) is 9.08 Å². The van der Waals surface area contributed by atoms with E-state index in [9.17, 15) is 4.79 Å². The number of halogens is 1. The standard InChI is InChI=1S/C4H7IN2OS/c1-2-9-4(8)7-3(5)6/h2H2,1H3,(H2,6,7,8). The molecule has 0 aliphatic rings. The Labute approximate surface area is 71.6 Å². The summed E-state index contributed by atoms with van der Waals surface area (Å²) in [6, 6.07) is 0. The van der Waals surface area contributed by atoms with Crippen LogP contribution in [-0.4, -0.2) is 14.8 Å². The maximum Gasteiger partial charge on any atom is 0.284 e. The Morgan fingerprint density at radius 1 is 1.89 bits per heavy atom. The number of hydrogen-bond donors (Lipinski definition) is 2. The van der Waals surface area contributed by atoms with Gasteiger partial charge in [0.25, 0.3) is 5.24 Å². The lowest BCUT2D eigenvalue weighted by Gasteiger charge is -1.96. The van der Waals surface area contributed by atoms with Gasteiger partial charge in [0.2, 0.25) is 0 Å². The summed E-state index contributed by atoms with van der Waals surface area (Å²) in [5.41, 5.74) is 0. The first-order chi connectivity index (χ1) is 4.16. The normalized spacial score (nSPS) is 8.67. The van der Waals surface area contributed by atoms with Gasteiger partial charge in [-0.15, -0.1) is 0 Å². The second kappa shape index (κ2) is 5.04. The summed E-state index contributed by atoms with van der Waals surface area (Å²) in [4.78, 5) is 10.6. The van der Waals surface area contributed by atoms with Crippen molar-refractivity contribution in [1.82, 2.24) is 5.32 Å². The van der Waals surface area contributed by atoms with Crippen LogP contribution in [0.1, 0.15) is 6.92 Å². The molecule has 0 bridgehead atoms. The summed E-state index contributed by atoms with van der Waals surface area (Å²) in [6.07, 6.45) is 0. The van der Waals surface area contributed by atoms with Crippen LogP contribution in [-0.2, 0) is 0 Å². The second-order valence-corrected chi connectivity index (χ2v) is 3.48. The van der Waals surface area contributed by atoms with Gasteiger partial charge in [0.05, 0.1) is 0 Å². The highest BCUT2D eigenvalue weighted by Gasteiger charge is 1.98. The second-order valence-electron chi connectivity index (χ2n) is 1.16. The highest BCUT2D eigenvalue weighted by molar-refractivity contribution is 14.1. The molecule has 0 aliphatic heterocycles. The van der Waals surface area contributed by atoms with Gasteiger partial charge < -0.3 is 0 Å². The molecule has 0 fully saturated rings. The van der Waals surface area contributed by atoms with E-state index in [1.54, 1.807) is 22.6 Å². The minimum absolute atomic E-state index is 0.156. The maximum absolute atomic E-state index is 10.6. The first-order valence-electron chi connectivity index (χ1n) is 2.34. The molecule has 0 atom stereocenters. The molecule has 0 saturated heterocycles. The first kappa shape index (κ1) is 9.22. The Bertz CT molecular complexity index is 128. The molecule has 0 saturated carbocycles. The van der Waals surface area contributed by atoms with Crippen molar-refractivity contribution >= 4 is 43.4 Å². The third kappa shape index (κ3) is 6.10. The van der Waals surface area contributed by atoms with Crippen LogP contribution in [0.2, 0.25) is 0 Å². The quantitative estimate of drug-likeness (QED) is 0.326. The van der Waals surface area contributed by atoms with Gasteiger partial charge in [-0.05, 0) is 28.3 Å². The van der Waals surface area contributed by atoms with Gasteiger partial charge in [-0.2, -0.15) is 0 Å². The maximum atomic E-state index is 10.6. The van der Waals surface area contributed by atoms with E-state index in [2.05, 4.69) is 5.32 Å². The lowest BCUT2D eigenvalue weighted by atomic mass is 11.0. The SMILES string of the molecule is CCSC(=O)NC(=N)I. The van der Waals surface area contributed by atoms with Crippen LogP contribution in [0.5, 0.6) is 0 Å². The molecule has 0 unspecified atom stereocenters. The van der Waals surface area contributed by atoms with Gasteiger partial charge in [0, 0.05) is 0 Å². The molecular formula is C4H7IN2OS. The molecule has 0 aromatic carbocycles. The van der Waals surface area contributed by atoms with Crippen molar-refractivity contribution in [3.05, 3.63) is 0 Å². The van der Waals surface area contributed by atoms with Crippen LogP contribution in [0.4, 0.5) is 4.79 Å². The number of nitrogens with one attached hydrogen (secondary N) is 2. The van der Waals surface area contributed by atoms with Crippen molar-refractivity contribution in [1.29, 1.82) is 5.41 Å². The lowest BCUT2D eigenvalue weighted by molar-refractivity contribution is 0.264. The fourth-order valence-corrected chi connectivity index (χ4v) is 1.12. The fourth-order valence-electron chi connectivity index (χ4n) is 0.257. The number of amides is 1. The summed E-state index contributed by atoms with van der Waals surface area (Å²) >= 11 is 2.90. The van der Waals surface area contributed by atoms with Crippen LogP contribution in [0, 0.1) is 5.41 Å². The van der Waals surface area contributed by atoms with Gasteiger partial charge >= 0.3 is 0 Å². The molecule has 0 heterocycles. The summed E-state index contributed by atoms with van der Waals surface area (Å²) in [7, 11) is 0. The van der Waals surface area contributed by atoms with Crippen molar-refractivity contribution < 1.29 is 4.79 Å². The van der Waals surface area contributed by atoms with Gasteiger partial charge in [-0.3, -0.25) is 15.5 Å². The molecule has 2 N–H and O–H groups in total. The molecule has 0 spiro atoms. The molecule has 0 aromatic heterocycles. The van der Waals surface area contributed by atoms with Crippen molar-refractivity contribution in [2.75, 3.05) is 5.75 Å². The van der Waals surface area contributed by atoms with Gasteiger partial charge in [0.1, 0.15) is 0 Å². The van der Waals surface area contributed by atoms with Crippen molar-refractivity contribution in [2.45, 2.75) is 6.92 Å². The Kier molecular flexibility index (Phi) is 5.16. The molecule has 0 radical (unpaired) electrons. The highest BCUT2D eigenvalue weighted by Crippen LogP contribution is 1.99. The number of thioether (sulfide) groups is 1. The highest BCUT2D eigenvalue weighted by atomic mass is 127. The van der Waals surface area contributed by atoms with Crippen molar-refractivity contribution in [3.63, 3.8) is 0 Å². The molecule has 0 aromatic rings. The minimum Gasteiger partial charge on any atom is -0.297 e. The third-order valence-corrected chi connectivity index (χ3v) is 1.41. The fraction of sp³-hybridized carbons (Fsp3) is 0.500. The predicted molar refractivity (Wildman–Crippen MR) is 48.4 cm³/mol. The molecule has 0 aliphatic carbocycles. The van der Waals surface area contributed by atoms with Crippen LogP contribution >= 0.6 is 34.4 Å². The summed E-state index contributed by atoms with van der Waals surface area (Å²) in [6.45, 7) is 1.89. The van der Waals surface area contributed by atoms with E-state index in [1.807, 2.05) is 6.92 Å². The van der Waals surface area contributed by atoms with E-state index < -0.39 is 0 Å². The van der Waals surface area contributed by atoms with E-state index in [4.69, 9.17) is 5.41 Å². The number of rotatable bonds is 1. The molecule has 1 amide bonds. The molecule has 9 heavy (non-hydrogen) atoms. The average molecular weight is 258 g/mol. The van der Waals surface area contributed by atoms with Crippen molar-refractivity contribution in [3.8, 4) is 0 Å². The first-order valence-corrected chi connectivity index (χ1v) is 4.41. The molecule has 0 rings (SSSR count). The van der Waals surface area contributed by atoms with Gasteiger partial charge in [0.15, 0.2) is 3.84 Å². The van der Waals surface area contributed by atoms with E-state index in [0.717, 1.165) is 17.5 Å². The zero-order valence-electron chi connectivity index (χ0n) is 4.90. The number of carbonyl (C=O) groups is 1. The molecule has 52 valence electrons. The summed E-state index contributed by atoms with van der Waals surface area (Å²) in [5, 5.41) is 9.03.